The van der Waals surface area contributed by atoms with Gasteiger partial charge in [0.1, 0.15) is 17.9 Å². The van der Waals surface area contributed by atoms with Crippen molar-refractivity contribution in [3.05, 3.63) is 35.9 Å². The minimum atomic E-state index is -0.510. The maximum absolute atomic E-state index is 14.3. The van der Waals surface area contributed by atoms with Crippen LogP contribution in [0.5, 0.6) is 11.6 Å². The number of hydrogen-bond donors (Lipinski definition) is 1. The van der Waals surface area contributed by atoms with Crippen LogP contribution in [0.25, 0.3) is 0 Å². The summed E-state index contributed by atoms with van der Waals surface area (Å²) in [6, 6.07) is 4.23. The molecule has 1 amide bonds. The molecule has 1 N–H and O–H groups in total. The number of likely N-dealkylation sites (N-methyl/N-ethyl adjacent to an activating group) is 1. The number of halogens is 1. The molecule has 2 atom stereocenters. The number of ether oxygens (including phenoxy) is 1. The molecule has 0 unspecified atom stereocenters. The van der Waals surface area contributed by atoms with Crippen LogP contribution >= 0.6 is 0 Å². The molecule has 2 aromatic rings. The van der Waals surface area contributed by atoms with Crippen LogP contribution in [0.15, 0.2) is 24.5 Å². The summed E-state index contributed by atoms with van der Waals surface area (Å²) in [4.78, 5) is 26.4. The van der Waals surface area contributed by atoms with Gasteiger partial charge in [-0.2, -0.15) is 0 Å². The Balaban J connectivity index is 1.45. The highest BCUT2D eigenvalue weighted by atomic mass is 19.1. The summed E-state index contributed by atoms with van der Waals surface area (Å²) in [7, 11) is 2.07. The van der Waals surface area contributed by atoms with E-state index in [1.54, 1.807) is 4.90 Å². The van der Waals surface area contributed by atoms with Crippen molar-refractivity contribution in [3.8, 4) is 11.6 Å². The van der Waals surface area contributed by atoms with Gasteiger partial charge in [0.2, 0.25) is 0 Å². The molecule has 2 fully saturated rings. The second kappa shape index (κ2) is 14.3. The molecule has 238 valence electrons. The van der Waals surface area contributed by atoms with Crippen molar-refractivity contribution in [1.82, 2.24) is 29.9 Å². The topological polar surface area (TPSA) is 98.2 Å². The normalized spacial score (nSPS) is 18.0. The van der Waals surface area contributed by atoms with Gasteiger partial charge in [0.25, 0.3) is 11.8 Å². The van der Waals surface area contributed by atoms with E-state index in [2.05, 4.69) is 57.7 Å². The molecule has 1 aromatic carbocycles. The molecule has 3 heterocycles. The van der Waals surface area contributed by atoms with E-state index in [1.807, 2.05) is 20.8 Å². The van der Waals surface area contributed by atoms with Crippen LogP contribution in [-0.4, -0.2) is 112 Å². The van der Waals surface area contributed by atoms with E-state index in [4.69, 9.17) is 4.74 Å². The van der Waals surface area contributed by atoms with Gasteiger partial charge in [-0.1, -0.05) is 20.8 Å². The van der Waals surface area contributed by atoms with E-state index in [9.17, 15) is 14.3 Å². The van der Waals surface area contributed by atoms with Gasteiger partial charge in [-0.25, -0.2) is 9.37 Å². The molecule has 0 saturated carbocycles. The number of likely N-dealkylation sites (tertiary alicyclic amines) is 1. The van der Waals surface area contributed by atoms with Crippen LogP contribution in [-0.2, 0) is 0 Å². The summed E-state index contributed by atoms with van der Waals surface area (Å²) < 4.78 is 20.4. The average Bonchev–Trinajstić information content (AvgIpc) is 3.38. The molecule has 2 saturated heterocycles. The lowest BCUT2D eigenvalue weighted by molar-refractivity contribution is -0.0481. The van der Waals surface area contributed by atoms with Crippen molar-refractivity contribution in [2.45, 2.75) is 79.0 Å². The first-order valence-corrected chi connectivity index (χ1v) is 15.8. The number of aromatic nitrogens is 3. The number of benzene rings is 1. The standard InChI is InChI=1S/C32H50FN7O3/c1-8-13-37(7)17-25(41)16-27(22(3)4)39-19-32(20-39)12-14-38(18-32)29-30(36-35-21-34-29)43-28-11-10-24(33)15-26(28)31(42)40(9-2)23(5)6/h10-11,15,21-23,25,27,41H,8-9,12-14,16-20H2,1-7H3/t25-,27-/m0/s1. The number of nitrogens with zero attached hydrogens (tertiary/aromatic N) is 7. The first kappa shape index (κ1) is 33.0. The van der Waals surface area contributed by atoms with Crippen LogP contribution in [0.4, 0.5) is 10.2 Å². The number of amides is 1. The summed E-state index contributed by atoms with van der Waals surface area (Å²) in [5.74, 6) is 0.619. The maximum Gasteiger partial charge on any atom is 0.282 e. The van der Waals surface area contributed by atoms with Gasteiger partial charge >= 0.3 is 0 Å². The molecule has 0 bridgehead atoms. The predicted molar refractivity (Wildman–Crippen MR) is 166 cm³/mol. The van der Waals surface area contributed by atoms with E-state index < -0.39 is 5.82 Å². The summed E-state index contributed by atoms with van der Waals surface area (Å²) in [6.07, 6.45) is 3.92. The third-order valence-electron chi connectivity index (χ3n) is 8.87. The molecule has 0 radical (unpaired) electrons. The number of anilines is 1. The van der Waals surface area contributed by atoms with Crippen LogP contribution in [0.3, 0.4) is 0 Å². The second-order valence-corrected chi connectivity index (χ2v) is 13.1. The summed E-state index contributed by atoms with van der Waals surface area (Å²) in [5, 5.41) is 19.0. The molecule has 1 aromatic heterocycles. The van der Waals surface area contributed by atoms with Gasteiger partial charge in [-0.3, -0.25) is 9.69 Å². The minimum Gasteiger partial charge on any atom is -0.434 e. The molecule has 43 heavy (non-hydrogen) atoms. The van der Waals surface area contributed by atoms with E-state index >= 15 is 0 Å². The molecule has 11 heteroatoms. The van der Waals surface area contributed by atoms with Gasteiger partial charge in [0.05, 0.1) is 11.7 Å². The third kappa shape index (κ3) is 7.80. The lowest BCUT2D eigenvalue weighted by Crippen LogP contribution is -2.62. The van der Waals surface area contributed by atoms with Gasteiger partial charge in [-0.15, -0.1) is 10.2 Å². The smallest absolute Gasteiger partial charge is 0.282 e. The van der Waals surface area contributed by atoms with Crippen molar-refractivity contribution in [1.29, 1.82) is 0 Å². The molecular weight excluding hydrogens is 549 g/mol. The number of aliphatic hydroxyl groups is 1. The number of aliphatic hydroxyl groups excluding tert-OH is 1. The molecule has 1 spiro atoms. The van der Waals surface area contributed by atoms with Gasteiger partial charge in [0, 0.05) is 56.8 Å². The van der Waals surface area contributed by atoms with E-state index in [0.29, 0.717) is 30.9 Å². The Morgan fingerprint density at radius 2 is 1.93 bits per heavy atom. The number of hydrogen-bond acceptors (Lipinski definition) is 9. The van der Waals surface area contributed by atoms with Gasteiger partial charge in [0.15, 0.2) is 5.82 Å². The van der Waals surface area contributed by atoms with Crippen LogP contribution < -0.4 is 9.64 Å². The molecule has 10 nitrogen and oxygen atoms in total. The molecular formula is C32H50FN7O3. The van der Waals surface area contributed by atoms with Crippen LogP contribution in [0, 0.1) is 17.2 Å². The van der Waals surface area contributed by atoms with Crippen molar-refractivity contribution < 1.29 is 19.0 Å². The largest absolute Gasteiger partial charge is 0.434 e. The Morgan fingerprint density at radius 3 is 2.58 bits per heavy atom. The van der Waals surface area contributed by atoms with Gasteiger partial charge in [-0.05, 0) is 77.7 Å². The van der Waals surface area contributed by atoms with E-state index in [1.165, 1.54) is 24.5 Å². The monoisotopic (exact) mass is 599 g/mol. The lowest BCUT2D eigenvalue weighted by Gasteiger charge is -2.53. The van der Waals surface area contributed by atoms with Crippen LogP contribution in [0.2, 0.25) is 0 Å². The Morgan fingerprint density at radius 1 is 1.19 bits per heavy atom. The first-order valence-electron chi connectivity index (χ1n) is 15.8. The fourth-order valence-corrected chi connectivity index (χ4v) is 6.75. The van der Waals surface area contributed by atoms with Crippen molar-refractivity contribution in [3.63, 3.8) is 0 Å². The molecule has 4 rings (SSSR count). The Hall–Kier alpha value is -2.89. The number of carbonyl (C=O) groups is 1. The zero-order chi connectivity index (χ0) is 31.3. The Labute approximate surface area is 256 Å². The Kier molecular flexibility index (Phi) is 10.9. The van der Waals surface area contributed by atoms with Crippen molar-refractivity contribution in [2.75, 3.05) is 57.8 Å². The number of carbonyl (C=O) groups excluding carboxylic acids is 1. The van der Waals surface area contributed by atoms with E-state index in [0.717, 1.165) is 52.0 Å². The van der Waals surface area contributed by atoms with Gasteiger partial charge < -0.3 is 24.5 Å². The highest BCUT2D eigenvalue weighted by molar-refractivity contribution is 5.97. The lowest BCUT2D eigenvalue weighted by atomic mass is 9.76. The van der Waals surface area contributed by atoms with E-state index in [-0.39, 0.29) is 40.7 Å². The molecule has 2 aliphatic heterocycles. The third-order valence-corrected chi connectivity index (χ3v) is 8.87. The Bertz CT molecular complexity index is 1220. The maximum atomic E-state index is 14.3. The molecule has 2 aliphatic rings. The highest BCUT2D eigenvalue weighted by Crippen LogP contribution is 2.44. The molecule has 0 aliphatic carbocycles. The zero-order valence-corrected chi connectivity index (χ0v) is 27.0. The SMILES string of the molecule is CCCN(C)C[C@@H](O)C[C@@H](C(C)C)N1CC2(CCN(c3ncnnc3Oc3ccc(F)cc3C(=O)N(CC)C(C)C)C2)C1. The van der Waals surface area contributed by atoms with Crippen LogP contribution in [0.1, 0.15) is 71.2 Å². The summed E-state index contributed by atoms with van der Waals surface area (Å²) >= 11 is 0. The van der Waals surface area contributed by atoms with Crippen molar-refractivity contribution in [2.24, 2.45) is 11.3 Å². The first-order chi connectivity index (χ1) is 20.5. The fraction of sp³-hybridized carbons (Fsp3) is 0.688. The second-order valence-electron chi connectivity index (χ2n) is 13.1. The number of rotatable bonds is 14. The zero-order valence-electron chi connectivity index (χ0n) is 27.0. The summed E-state index contributed by atoms with van der Waals surface area (Å²) in [5.41, 5.74) is 0.275. The quantitative estimate of drug-likeness (QED) is 0.341. The fourth-order valence-electron chi connectivity index (χ4n) is 6.75. The minimum absolute atomic E-state index is 0.0499. The average molecular weight is 600 g/mol. The predicted octanol–water partition coefficient (Wildman–Crippen LogP) is 4.30. The van der Waals surface area contributed by atoms with Crippen molar-refractivity contribution >= 4 is 11.7 Å². The summed E-state index contributed by atoms with van der Waals surface area (Å²) in [6.45, 7) is 18.1. The highest BCUT2D eigenvalue weighted by Gasteiger charge is 2.50.